The number of aryl methyl sites for hydroxylation is 1. The third-order valence-corrected chi connectivity index (χ3v) is 8.86. The van der Waals surface area contributed by atoms with E-state index in [1.165, 1.54) is 11.0 Å². The summed E-state index contributed by atoms with van der Waals surface area (Å²) in [6.45, 7) is 5.11. The van der Waals surface area contributed by atoms with E-state index in [1.807, 2.05) is 36.7 Å². The van der Waals surface area contributed by atoms with Crippen molar-refractivity contribution in [2.45, 2.75) is 69.8 Å². The van der Waals surface area contributed by atoms with Crippen molar-refractivity contribution in [3.8, 4) is 0 Å². The molecule has 1 N–H and O–H groups in total. The number of halogens is 3. The standard InChI is InChI=1S/C30H34F3N5O2/c1-4-25(35-29(2)9-6-10-29)19-12-22-23(24(13-19)30(31,32)33)14-38(28(22)39)21-8-5-7-18(11-21)26(20-15-40-16-20)27-36-34-17-37(27)3/h5,7-8,11-13,17,20,25-26,35H,4,6,9-10,14-16H2,1-3H3/t25-,26?/m1/s1. The first-order valence-corrected chi connectivity index (χ1v) is 13.9. The van der Waals surface area contributed by atoms with Crippen LogP contribution >= 0.6 is 0 Å². The van der Waals surface area contributed by atoms with Crippen molar-refractivity contribution in [1.82, 2.24) is 20.1 Å². The third kappa shape index (κ3) is 4.71. The number of amides is 1. The first-order valence-electron chi connectivity index (χ1n) is 13.9. The van der Waals surface area contributed by atoms with Crippen molar-refractivity contribution < 1.29 is 22.7 Å². The van der Waals surface area contributed by atoms with Crippen LogP contribution in [0.2, 0.25) is 0 Å². The zero-order valence-corrected chi connectivity index (χ0v) is 23.0. The van der Waals surface area contributed by atoms with Crippen LogP contribution in [0.3, 0.4) is 0 Å². The minimum atomic E-state index is -4.57. The second-order valence-corrected chi connectivity index (χ2v) is 11.7. The molecule has 0 radical (unpaired) electrons. The predicted molar refractivity (Wildman–Crippen MR) is 144 cm³/mol. The van der Waals surface area contributed by atoms with Gasteiger partial charge >= 0.3 is 6.18 Å². The Kier molecular flexibility index (Phi) is 6.73. The number of nitrogens with zero attached hydrogens (tertiary/aromatic N) is 4. The Morgan fingerprint density at radius 1 is 1.18 bits per heavy atom. The Balaban J connectivity index is 1.36. The van der Waals surface area contributed by atoms with Gasteiger partial charge in [-0.1, -0.05) is 19.1 Å². The monoisotopic (exact) mass is 553 g/mol. The molecule has 3 aliphatic rings. The summed E-state index contributed by atoms with van der Waals surface area (Å²) >= 11 is 0. The largest absolute Gasteiger partial charge is 0.416 e. The van der Waals surface area contributed by atoms with E-state index < -0.39 is 17.6 Å². The molecule has 1 unspecified atom stereocenters. The maximum Gasteiger partial charge on any atom is 0.416 e. The van der Waals surface area contributed by atoms with Gasteiger partial charge in [0, 0.05) is 35.8 Å². The Morgan fingerprint density at radius 3 is 2.52 bits per heavy atom. The van der Waals surface area contributed by atoms with Gasteiger partial charge in [0.2, 0.25) is 0 Å². The zero-order valence-electron chi connectivity index (χ0n) is 23.0. The Hall–Kier alpha value is -3.24. The molecule has 0 spiro atoms. The maximum absolute atomic E-state index is 14.4. The van der Waals surface area contributed by atoms with E-state index in [1.54, 1.807) is 18.5 Å². The molecule has 1 aliphatic carbocycles. The molecule has 2 aromatic carbocycles. The van der Waals surface area contributed by atoms with Gasteiger partial charge in [0.15, 0.2) is 0 Å². The van der Waals surface area contributed by atoms with Crippen LogP contribution in [0.5, 0.6) is 0 Å². The molecule has 1 aromatic heterocycles. The summed E-state index contributed by atoms with van der Waals surface area (Å²) in [7, 11) is 1.88. The van der Waals surface area contributed by atoms with Crippen molar-refractivity contribution in [2.24, 2.45) is 13.0 Å². The van der Waals surface area contributed by atoms with Gasteiger partial charge in [-0.25, -0.2) is 0 Å². The van der Waals surface area contributed by atoms with Gasteiger partial charge < -0.3 is 19.5 Å². The molecule has 1 saturated heterocycles. The number of hydrogen-bond donors (Lipinski definition) is 1. The van der Waals surface area contributed by atoms with E-state index in [0.29, 0.717) is 30.9 Å². The van der Waals surface area contributed by atoms with E-state index in [2.05, 4.69) is 22.4 Å². The molecule has 3 heterocycles. The molecule has 7 nitrogen and oxygen atoms in total. The molecule has 10 heteroatoms. The summed E-state index contributed by atoms with van der Waals surface area (Å²) in [6, 6.07) is 10.1. The lowest BCUT2D eigenvalue weighted by Crippen LogP contribution is -2.49. The normalized spacial score (nSPS) is 20.1. The lowest BCUT2D eigenvalue weighted by Gasteiger charge is -2.42. The van der Waals surface area contributed by atoms with Crippen LogP contribution in [0, 0.1) is 5.92 Å². The van der Waals surface area contributed by atoms with Crippen molar-refractivity contribution in [2.75, 3.05) is 18.1 Å². The molecule has 6 rings (SSSR count). The summed E-state index contributed by atoms with van der Waals surface area (Å²) in [5.74, 6) is 0.457. The second-order valence-electron chi connectivity index (χ2n) is 11.7. The van der Waals surface area contributed by atoms with Crippen LogP contribution in [0.4, 0.5) is 18.9 Å². The summed E-state index contributed by atoms with van der Waals surface area (Å²) < 4.78 is 50.5. The molecule has 1 saturated carbocycles. The maximum atomic E-state index is 14.4. The summed E-state index contributed by atoms with van der Waals surface area (Å²) in [6.07, 6.45) is 0.789. The molecular weight excluding hydrogens is 519 g/mol. The number of alkyl halides is 3. The highest BCUT2D eigenvalue weighted by molar-refractivity contribution is 6.10. The van der Waals surface area contributed by atoms with Gasteiger partial charge in [-0.15, -0.1) is 10.2 Å². The van der Waals surface area contributed by atoms with Gasteiger partial charge in [0.05, 0.1) is 31.2 Å². The van der Waals surface area contributed by atoms with Crippen LogP contribution in [0.25, 0.3) is 0 Å². The molecule has 2 aliphatic heterocycles. The highest BCUT2D eigenvalue weighted by atomic mass is 19.4. The zero-order chi connectivity index (χ0) is 28.2. The molecule has 0 bridgehead atoms. The number of carbonyl (C=O) groups excluding carboxylic acids is 1. The second kappa shape index (κ2) is 9.99. The molecule has 40 heavy (non-hydrogen) atoms. The van der Waals surface area contributed by atoms with E-state index >= 15 is 0 Å². The van der Waals surface area contributed by atoms with E-state index in [4.69, 9.17) is 4.74 Å². The number of rotatable bonds is 8. The van der Waals surface area contributed by atoms with Crippen molar-refractivity contribution in [1.29, 1.82) is 0 Å². The summed E-state index contributed by atoms with van der Waals surface area (Å²) in [5, 5.41) is 11.9. The third-order valence-electron chi connectivity index (χ3n) is 8.86. The number of ether oxygens (including phenoxy) is 1. The minimum Gasteiger partial charge on any atom is -0.381 e. The average molecular weight is 554 g/mol. The number of carbonyl (C=O) groups is 1. The summed E-state index contributed by atoms with van der Waals surface area (Å²) in [5.41, 5.74) is 1.35. The molecule has 1 amide bonds. The SMILES string of the molecule is CC[C@@H](NC1(C)CCC1)c1cc2c(c(C(F)(F)F)c1)CN(c1cccc(C(c3nncn3C)C3COC3)c1)C2=O. The first kappa shape index (κ1) is 27.0. The fourth-order valence-electron chi connectivity index (χ4n) is 6.32. The van der Waals surface area contributed by atoms with Gasteiger partial charge in [-0.2, -0.15) is 13.2 Å². The molecular formula is C30H34F3N5O2. The first-order chi connectivity index (χ1) is 19.1. The minimum absolute atomic E-state index is 0.0357. The van der Waals surface area contributed by atoms with E-state index in [0.717, 1.165) is 30.7 Å². The highest BCUT2D eigenvalue weighted by Crippen LogP contribution is 2.43. The number of fused-ring (bicyclic) bond motifs is 1. The van der Waals surface area contributed by atoms with Crippen LogP contribution in [0.15, 0.2) is 42.7 Å². The smallest absolute Gasteiger partial charge is 0.381 e. The number of nitrogens with one attached hydrogen (secondary N) is 1. The lowest BCUT2D eigenvalue weighted by molar-refractivity contribution is -0.138. The Morgan fingerprint density at radius 2 is 1.95 bits per heavy atom. The van der Waals surface area contributed by atoms with Gasteiger partial charge in [0.1, 0.15) is 12.2 Å². The van der Waals surface area contributed by atoms with Gasteiger partial charge in [-0.05, 0) is 73.6 Å². The molecule has 212 valence electrons. The molecule has 2 atom stereocenters. The number of anilines is 1. The van der Waals surface area contributed by atoms with Crippen molar-refractivity contribution in [3.05, 3.63) is 76.4 Å². The molecule has 3 aromatic rings. The Labute approximate surface area is 231 Å². The fraction of sp³-hybridized carbons (Fsp3) is 0.500. The summed E-state index contributed by atoms with van der Waals surface area (Å²) in [4.78, 5) is 15.2. The fourth-order valence-corrected chi connectivity index (χ4v) is 6.32. The average Bonchev–Trinajstić information content (AvgIpc) is 3.45. The predicted octanol–water partition coefficient (Wildman–Crippen LogP) is 5.76. The number of benzene rings is 2. The van der Waals surface area contributed by atoms with Crippen LogP contribution < -0.4 is 10.2 Å². The molecule has 2 fully saturated rings. The van der Waals surface area contributed by atoms with E-state index in [9.17, 15) is 18.0 Å². The van der Waals surface area contributed by atoms with Gasteiger partial charge in [-0.3, -0.25) is 4.79 Å². The quantitative estimate of drug-likeness (QED) is 0.384. The van der Waals surface area contributed by atoms with Gasteiger partial charge in [0.25, 0.3) is 5.91 Å². The van der Waals surface area contributed by atoms with Crippen LogP contribution in [0.1, 0.15) is 89.9 Å². The van der Waals surface area contributed by atoms with Crippen molar-refractivity contribution in [3.63, 3.8) is 0 Å². The van der Waals surface area contributed by atoms with Crippen LogP contribution in [-0.4, -0.2) is 39.4 Å². The Bertz CT molecular complexity index is 1430. The van der Waals surface area contributed by atoms with E-state index in [-0.39, 0.29) is 41.1 Å². The number of hydrogen-bond acceptors (Lipinski definition) is 5. The van der Waals surface area contributed by atoms with Crippen molar-refractivity contribution >= 4 is 11.6 Å². The topological polar surface area (TPSA) is 72.3 Å². The van der Waals surface area contributed by atoms with Crippen LogP contribution in [-0.2, 0) is 24.5 Å². The highest BCUT2D eigenvalue weighted by Gasteiger charge is 2.42. The lowest BCUT2D eigenvalue weighted by atomic mass is 9.77. The number of aromatic nitrogens is 3.